The fourth-order valence-corrected chi connectivity index (χ4v) is 5.97. The van der Waals surface area contributed by atoms with Crippen LogP contribution in [0.15, 0.2) is 47.4 Å². The molecule has 2 aliphatic heterocycles. The molecule has 2 aromatic rings. The minimum atomic E-state index is -5.08. The molecule has 14 heteroatoms. The Morgan fingerprint density at radius 2 is 1.59 bits per heavy atom. The number of hydrogen-bond donors (Lipinski definition) is 3. The van der Waals surface area contributed by atoms with Crippen molar-refractivity contribution in [3.63, 3.8) is 0 Å². The Morgan fingerprint density at radius 3 is 2.15 bits per heavy atom. The monoisotopic (exact) mass is 603 g/mol. The summed E-state index contributed by atoms with van der Waals surface area (Å²) in [5.74, 6) is -3.93. The van der Waals surface area contributed by atoms with Gasteiger partial charge in [-0.05, 0) is 94.1 Å². The number of nitrogens with zero attached hydrogens (tertiary/aromatic N) is 2. The first-order chi connectivity index (χ1) is 19.3. The first-order valence-corrected chi connectivity index (χ1v) is 14.7. The van der Waals surface area contributed by atoms with Gasteiger partial charge in [-0.3, -0.25) is 4.72 Å². The summed E-state index contributed by atoms with van der Waals surface area (Å²) < 4.78 is 73.7. The van der Waals surface area contributed by atoms with E-state index in [4.69, 9.17) is 9.90 Å². The number of nitrogens with one attached hydrogen (secondary N) is 1. The Kier molecular flexibility index (Phi) is 11.0. The molecule has 0 unspecified atom stereocenters. The molecule has 41 heavy (non-hydrogen) atoms. The van der Waals surface area contributed by atoms with E-state index in [1.54, 1.807) is 6.07 Å². The van der Waals surface area contributed by atoms with E-state index in [0.29, 0.717) is 11.6 Å². The van der Waals surface area contributed by atoms with Crippen molar-refractivity contribution in [3.05, 3.63) is 53.8 Å². The molecule has 3 N–H and O–H groups in total. The van der Waals surface area contributed by atoms with Gasteiger partial charge in [0.2, 0.25) is 0 Å². The predicted molar refractivity (Wildman–Crippen MR) is 144 cm³/mol. The zero-order valence-corrected chi connectivity index (χ0v) is 23.1. The molecule has 0 saturated carbocycles. The predicted octanol–water partition coefficient (Wildman–Crippen LogP) is 5.05. The number of carbonyl (C=O) groups is 2. The maximum atomic E-state index is 13.6. The molecule has 0 bridgehead atoms. The molecule has 2 aliphatic rings. The number of hydrogen-bond acceptors (Lipinski definition) is 6. The Balaban J connectivity index is 0.000000587. The lowest BCUT2D eigenvalue weighted by Gasteiger charge is -2.36. The number of aromatic carboxylic acids is 1. The third-order valence-electron chi connectivity index (χ3n) is 7.09. The van der Waals surface area contributed by atoms with E-state index in [9.17, 15) is 35.9 Å². The minimum absolute atomic E-state index is 0.0166. The highest BCUT2D eigenvalue weighted by Crippen LogP contribution is 2.33. The molecule has 0 aromatic heterocycles. The molecule has 226 valence electrons. The van der Waals surface area contributed by atoms with E-state index in [-0.39, 0.29) is 16.1 Å². The Morgan fingerprint density at radius 1 is 0.951 bits per heavy atom. The van der Waals surface area contributed by atoms with Crippen LogP contribution in [0.2, 0.25) is 0 Å². The normalized spacial score (nSPS) is 16.9. The largest absolute Gasteiger partial charge is 0.490 e. The van der Waals surface area contributed by atoms with E-state index in [1.165, 1.54) is 69.1 Å². The summed E-state index contributed by atoms with van der Waals surface area (Å²) in [4.78, 5) is 24.9. The van der Waals surface area contributed by atoms with Crippen molar-refractivity contribution in [1.29, 1.82) is 0 Å². The van der Waals surface area contributed by atoms with Crippen molar-refractivity contribution in [3.8, 4) is 0 Å². The average molecular weight is 604 g/mol. The fourth-order valence-electron chi connectivity index (χ4n) is 4.88. The van der Waals surface area contributed by atoms with Gasteiger partial charge in [-0.25, -0.2) is 22.4 Å². The number of alkyl halides is 3. The van der Waals surface area contributed by atoms with Gasteiger partial charge >= 0.3 is 18.1 Å². The van der Waals surface area contributed by atoms with Crippen molar-refractivity contribution in [1.82, 2.24) is 4.90 Å². The van der Waals surface area contributed by atoms with Crippen molar-refractivity contribution >= 4 is 33.3 Å². The van der Waals surface area contributed by atoms with Crippen molar-refractivity contribution in [2.75, 3.05) is 42.3 Å². The molecular weight excluding hydrogens is 570 g/mol. The van der Waals surface area contributed by atoms with Crippen LogP contribution in [-0.2, 0) is 14.8 Å². The summed E-state index contributed by atoms with van der Waals surface area (Å²) in [7, 11) is -4.09. The summed E-state index contributed by atoms with van der Waals surface area (Å²) in [6, 6.07) is 9.22. The molecule has 2 saturated heterocycles. The van der Waals surface area contributed by atoms with E-state index in [0.717, 1.165) is 38.5 Å². The number of aliphatic carboxylic acids is 1. The Labute approximate surface area is 235 Å². The molecule has 2 aromatic carbocycles. The van der Waals surface area contributed by atoms with Gasteiger partial charge in [0.05, 0.1) is 21.8 Å². The highest BCUT2D eigenvalue weighted by molar-refractivity contribution is 7.92. The lowest BCUT2D eigenvalue weighted by molar-refractivity contribution is -0.192. The second kappa shape index (κ2) is 14.0. The van der Waals surface area contributed by atoms with Crippen molar-refractivity contribution < 1.29 is 45.8 Å². The Hall–Kier alpha value is -3.39. The molecule has 0 atom stereocenters. The first-order valence-electron chi connectivity index (χ1n) is 13.2. The summed E-state index contributed by atoms with van der Waals surface area (Å²) in [5.41, 5.74) is 0.812. The molecule has 4 rings (SSSR count). The third kappa shape index (κ3) is 9.59. The van der Waals surface area contributed by atoms with Crippen LogP contribution in [0.4, 0.5) is 28.9 Å². The summed E-state index contributed by atoms with van der Waals surface area (Å²) in [6.07, 6.45) is 2.01. The molecule has 0 spiro atoms. The van der Waals surface area contributed by atoms with Gasteiger partial charge in [0.15, 0.2) is 0 Å². The van der Waals surface area contributed by atoms with Gasteiger partial charge in [0, 0.05) is 13.1 Å². The lowest BCUT2D eigenvalue weighted by atomic mass is 9.92. The highest BCUT2D eigenvalue weighted by atomic mass is 32.2. The van der Waals surface area contributed by atoms with Gasteiger partial charge in [0.25, 0.3) is 10.0 Å². The number of carboxylic acid groups (broad SMARTS) is 2. The quantitative estimate of drug-likeness (QED) is 0.358. The number of halogens is 4. The number of piperidine rings is 2. The number of benzene rings is 2. The van der Waals surface area contributed by atoms with Crippen LogP contribution in [0.1, 0.15) is 48.9 Å². The SMILES string of the molecule is O=C(O)C(F)(F)F.O=C(O)c1ccc(N2CCC(CCN3CCCCC3)CC2)c(NS(=O)(=O)c2cccc(F)c2)c1. The number of rotatable bonds is 8. The number of likely N-dealkylation sites (tertiary alicyclic amines) is 1. The van der Waals surface area contributed by atoms with E-state index < -0.39 is 34.0 Å². The van der Waals surface area contributed by atoms with Crippen molar-refractivity contribution in [2.24, 2.45) is 5.92 Å². The smallest absolute Gasteiger partial charge is 0.478 e. The highest BCUT2D eigenvalue weighted by Gasteiger charge is 2.38. The second-order valence-corrected chi connectivity index (χ2v) is 11.7. The van der Waals surface area contributed by atoms with Crippen LogP contribution in [0.25, 0.3) is 0 Å². The number of sulfonamides is 1. The molecule has 2 fully saturated rings. The molecule has 9 nitrogen and oxygen atoms in total. The zero-order valence-electron chi connectivity index (χ0n) is 22.2. The first kappa shape index (κ1) is 32.1. The number of anilines is 2. The van der Waals surface area contributed by atoms with Gasteiger partial charge < -0.3 is 20.0 Å². The zero-order chi connectivity index (χ0) is 30.2. The molecule has 0 amide bonds. The Bertz CT molecular complexity index is 1310. The summed E-state index contributed by atoms with van der Waals surface area (Å²) >= 11 is 0. The lowest BCUT2D eigenvalue weighted by Crippen LogP contribution is -2.36. The van der Waals surface area contributed by atoms with Crippen molar-refractivity contribution in [2.45, 2.75) is 49.6 Å². The van der Waals surface area contributed by atoms with Crippen LogP contribution in [0.3, 0.4) is 0 Å². The van der Waals surface area contributed by atoms with Crippen LogP contribution < -0.4 is 9.62 Å². The van der Waals surface area contributed by atoms with Crippen LogP contribution in [-0.4, -0.2) is 74.4 Å². The third-order valence-corrected chi connectivity index (χ3v) is 8.46. The van der Waals surface area contributed by atoms with Crippen LogP contribution in [0, 0.1) is 11.7 Å². The standard InChI is InChI=1S/C25H32FN3O4S.C2HF3O2/c26-21-5-4-6-22(18-21)34(32,33)27-23-17-20(25(30)31)7-8-24(23)29-15-10-19(11-16-29)9-14-28-12-2-1-3-13-28;3-2(4,5)1(6)7/h4-8,17-19,27H,1-3,9-16H2,(H,30,31);(H,6,7). The van der Waals surface area contributed by atoms with Crippen LogP contribution in [0.5, 0.6) is 0 Å². The van der Waals surface area contributed by atoms with Gasteiger partial charge in [-0.15, -0.1) is 0 Å². The van der Waals surface area contributed by atoms with Gasteiger partial charge in [-0.1, -0.05) is 12.5 Å². The van der Waals surface area contributed by atoms with E-state index in [2.05, 4.69) is 14.5 Å². The topological polar surface area (TPSA) is 127 Å². The maximum Gasteiger partial charge on any atom is 0.490 e. The second-order valence-electron chi connectivity index (χ2n) is 10.0. The minimum Gasteiger partial charge on any atom is -0.478 e. The van der Waals surface area contributed by atoms with Crippen LogP contribution >= 0.6 is 0 Å². The molecular formula is C27H33F4N3O6S. The van der Waals surface area contributed by atoms with E-state index in [1.807, 2.05) is 0 Å². The van der Waals surface area contributed by atoms with Gasteiger partial charge in [0.1, 0.15) is 5.82 Å². The van der Waals surface area contributed by atoms with E-state index >= 15 is 0 Å². The van der Waals surface area contributed by atoms with Gasteiger partial charge in [-0.2, -0.15) is 13.2 Å². The molecule has 2 heterocycles. The summed E-state index contributed by atoms with van der Waals surface area (Å²) in [5, 5.41) is 16.5. The number of carboxylic acids is 2. The molecule has 0 radical (unpaired) electrons. The average Bonchev–Trinajstić information content (AvgIpc) is 2.92. The molecule has 0 aliphatic carbocycles. The summed E-state index contributed by atoms with van der Waals surface area (Å²) in [6.45, 7) is 5.07. The fraction of sp³-hybridized carbons (Fsp3) is 0.481. The maximum absolute atomic E-state index is 13.6.